The maximum absolute atomic E-state index is 12.9. The smallest absolute Gasteiger partial charge is 0.276 e. The van der Waals surface area contributed by atoms with Gasteiger partial charge >= 0.3 is 0 Å². The van der Waals surface area contributed by atoms with Crippen LogP contribution in [-0.2, 0) is 4.79 Å². The van der Waals surface area contributed by atoms with Crippen molar-refractivity contribution >= 4 is 11.8 Å². The van der Waals surface area contributed by atoms with Crippen LogP contribution in [0.5, 0.6) is 0 Å². The van der Waals surface area contributed by atoms with Crippen LogP contribution in [0.25, 0.3) is 11.3 Å². The van der Waals surface area contributed by atoms with Gasteiger partial charge in [-0.05, 0) is 58.6 Å². The van der Waals surface area contributed by atoms with Crippen LogP contribution >= 0.6 is 0 Å². The molecule has 0 saturated carbocycles. The molecule has 1 fully saturated rings. The molecule has 0 aliphatic carbocycles. The second-order valence-corrected chi connectivity index (χ2v) is 8.10. The van der Waals surface area contributed by atoms with E-state index < -0.39 is 0 Å². The van der Waals surface area contributed by atoms with E-state index in [1.54, 1.807) is 11.0 Å². The summed E-state index contributed by atoms with van der Waals surface area (Å²) in [5, 5.41) is 6.97. The maximum atomic E-state index is 12.9. The number of hydrogen-bond acceptors (Lipinski definition) is 4. The van der Waals surface area contributed by atoms with E-state index in [0.717, 1.165) is 29.5 Å². The number of amides is 2. The third kappa shape index (κ3) is 4.26. The fourth-order valence-corrected chi connectivity index (χ4v) is 4.00. The predicted octanol–water partition coefficient (Wildman–Crippen LogP) is 3.64. The number of aromatic nitrogens is 1. The Morgan fingerprint density at radius 1 is 1.18 bits per heavy atom. The van der Waals surface area contributed by atoms with E-state index in [1.165, 1.54) is 5.56 Å². The van der Waals surface area contributed by atoms with E-state index in [0.29, 0.717) is 24.5 Å². The molecule has 2 heterocycles. The van der Waals surface area contributed by atoms with Gasteiger partial charge in [0.25, 0.3) is 5.91 Å². The third-order valence-corrected chi connectivity index (χ3v) is 5.16. The van der Waals surface area contributed by atoms with Gasteiger partial charge in [-0.25, -0.2) is 0 Å². The van der Waals surface area contributed by atoms with Crippen molar-refractivity contribution in [3.05, 3.63) is 40.6 Å². The van der Waals surface area contributed by atoms with Crippen molar-refractivity contribution in [2.45, 2.75) is 53.5 Å². The van der Waals surface area contributed by atoms with Gasteiger partial charge in [0, 0.05) is 30.8 Å². The summed E-state index contributed by atoms with van der Waals surface area (Å²) in [5.74, 6) is 0.260. The van der Waals surface area contributed by atoms with Crippen LogP contribution in [0.2, 0.25) is 0 Å². The molecule has 1 atom stereocenters. The standard InChI is InChI=1S/C22H29N3O3/c1-13(2)23-21(26)17-7-6-8-25(12-17)22(27)18-11-19(28-24-18)20-15(4)9-14(3)10-16(20)5/h9-11,13,17H,6-8,12H2,1-5H3,(H,23,26)/t17-/m0/s1. The number of piperidine rings is 1. The van der Waals surface area contributed by atoms with Crippen LogP contribution in [0.4, 0.5) is 0 Å². The molecule has 1 aliphatic heterocycles. The Morgan fingerprint density at radius 2 is 1.86 bits per heavy atom. The highest BCUT2D eigenvalue weighted by Crippen LogP contribution is 2.29. The second-order valence-electron chi connectivity index (χ2n) is 8.10. The first-order valence-electron chi connectivity index (χ1n) is 9.91. The minimum atomic E-state index is -0.181. The average Bonchev–Trinajstić information content (AvgIpc) is 3.09. The molecule has 6 heteroatoms. The fraction of sp³-hybridized carbons (Fsp3) is 0.500. The third-order valence-electron chi connectivity index (χ3n) is 5.16. The van der Waals surface area contributed by atoms with Gasteiger partial charge in [0.15, 0.2) is 11.5 Å². The Labute approximate surface area is 166 Å². The zero-order valence-corrected chi connectivity index (χ0v) is 17.3. The molecule has 3 rings (SSSR count). The fourth-order valence-electron chi connectivity index (χ4n) is 4.00. The molecule has 1 aromatic carbocycles. The molecule has 1 N–H and O–H groups in total. The largest absolute Gasteiger partial charge is 0.355 e. The SMILES string of the molecule is Cc1cc(C)c(-c2cc(C(=O)N3CCC[C@H](C(=O)NC(C)C)C3)no2)c(C)c1. The Bertz CT molecular complexity index is 862. The lowest BCUT2D eigenvalue weighted by atomic mass is 9.96. The Kier molecular flexibility index (Phi) is 5.87. The van der Waals surface area contributed by atoms with Crippen molar-refractivity contribution in [2.24, 2.45) is 5.92 Å². The van der Waals surface area contributed by atoms with E-state index in [-0.39, 0.29) is 23.8 Å². The summed E-state index contributed by atoms with van der Waals surface area (Å²) in [6.07, 6.45) is 1.61. The number of aryl methyl sites for hydroxylation is 3. The van der Waals surface area contributed by atoms with Crippen LogP contribution in [0, 0.1) is 26.7 Å². The number of rotatable bonds is 4. The lowest BCUT2D eigenvalue weighted by Crippen LogP contribution is -2.46. The van der Waals surface area contributed by atoms with Crippen LogP contribution in [-0.4, -0.2) is 41.0 Å². The van der Waals surface area contributed by atoms with Gasteiger partial charge in [0.2, 0.25) is 5.91 Å². The number of benzene rings is 1. The summed E-state index contributed by atoms with van der Waals surface area (Å²) in [6.45, 7) is 11.0. The van der Waals surface area contributed by atoms with Crippen molar-refractivity contribution in [3.8, 4) is 11.3 Å². The molecule has 0 bridgehead atoms. The van der Waals surface area contributed by atoms with Gasteiger partial charge < -0.3 is 14.7 Å². The molecule has 2 aromatic rings. The highest BCUT2D eigenvalue weighted by molar-refractivity contribution is 5.94. The van der Waals surface area contributed by atoms with Crippen molar-refractivity contribution in [1.29, 1.82) is 0 Å². The number of carbonyl (C=O) groups excluding carboxylic acids is 2. The lowest BCUT2D eigenvalue weighted by molar-refractivity contribution is -0.126. The maximum Gasteiger partial charge on any atom is 0.276 e. The van der Waals surface area contributed by atoms with Gasteiger partial charge in [0.1, 0.15) is 0 Å². The molecule has 1 aromatic heterocycles. The molecule has 1 saturated heterocycles. The first kappa shape index (κ1) is 20.1. The van der Waals surface area contributed by atoms with Gasteiger partial charge in [0.05, 0.1) is 5.92 Å². The zero-order chi connectivity index (χ0) is 20.4. The van der Waals surface area contributed by atoms with Crippen LogP contribution in [0.3, 0.4) is 0 Å². The molecule has 28 heavy (non-hydrogen) atoms. The van der Waals surface area contributed by atoms with Crippen molar-refractivity contribution in [3.63, 3.8) is 0 Å². The Balaban J connectivity index is 1.76. The van der Waals surface area contributed by atoms with Gasteiger partial charge in [-0.1, -0.05) is 22.9 Å². The summed E-state index contributed by atoms with van der Waals surface area (Å²) >= 11 is 0. The van der Waals surface area contributed by atoms with Crippen LogP contribution in [0.15, 0.2) is 22.7 Å². The minimum Gasteiger partial charge on any atom is -0.355 e. The summed E-state index contributed by atoms with van der Waals surface area (Å²) in [5.41, 5.74) is 4.64. The van der Waals surface area contributed by atoms with Gasteiger partial charge in [-0.2, -0.15) is 0 Å². The normalized spacial score (nSPS) is 17.1. The topological polar surface area (TPSA) is 75.4 Å². The van der Waals surface area contributed by atoms with E-state index in [4.69, 9.17) is 4.52 Å². The van der Waals surface area contributed by atoms with Crippen molar-refractivity contribution in [2.75, 3.05) is 13.1 Å². The highest BCUT2D eigenvalue weighted by Gasteiger charge is 2.30. The molecule has 2 amide bonds. The number of hydrogen-bond donors (Lipinski definition) is 1. The summed E-state index contributed by atoms with van der Waals surface area (Å²) in [6, 6.07) is 5.99. The number of nitrogens with one attached hydrogen (secondary N) is 1. The quantitative estimate of drug-likeness (QED) is 0.874. The Morgan fingerprint density at radius 3 is 2.50 bits per heavy atom. The van der Waals surface area contributed by atoms with Gasteiger partial charge in [-0.3, -0.25) is 9.59 Å². The van der Waals surface area contributed by atoms with Crippen LogP contribution in [0.1, 0.15) is 53.9 Å². The molecule has 1 aliphatic rings. The average molecular weight is 383 g/mol. The molecule has 150 valence electrons. The van der Waals surface area contributed by atoms with E-state index in [9.17, 15) is 9.59 Å². The summed E-state index contributed by atoms with van der Waals surface area (Å²) < 4.78 is 5.51. The first-order valence-corrected chi connectivity index (χ1v) is 9.91. The molecule has 6 nitrogen and oxygen atoms in total. The Hall–Kier alpha value is -2.63. The van der Waals surface area contributed by atoms with Gasteiger partial charge in [-0.15, -0.1) is 0 Å². The van der Waals surface area contributed by atoms with Crippen LogP contribution < -0.4 is 5.32 Å². The molecule has 0 radical (unpaired) electrons. The van der Waals surface area contributed by atoms with E-state index in [2.05, 4.69) is 29.5 Å². The summed E-state index contributed by atoms with van der Waals surface area (Å²) in [7, 11) is 0. The molecular weight excluding hydrogens is 354 g/mol. The number of carbonyl (C=O) groups is 2. The zero-order valence-electron chi connectivity index (χ0n) is 17.3. The molecule has 0 unspecified atom stereocenters. The number of nitrogens with zero attached hydrogens (tertiary/aromatic N) is 2. The monoisotopic (exact) mass is 383 g/mol. The lowest BCUT2D eigenvalue weighted by Gasteiger charge is -2.31. The van der Waals surface area contributed by atoms with Crippen molar-refractivity contribution < 1.29 is 14.1 Å². The molecular formula is C22H29N3O3. The first-order chi connectivity index (χ1) is 13.3. The van der Waals surface area contributed by atoms with Crippen molar-refractivity contribution in [1.82, 2.24) is 15.4 Å². The van der Waals surface area contributed by atoms with E-state index in [1.807, 2.05) is 27.7 Å². The highest BCUT2D eigenvalue weighted by atomic mass is 16.5. The van der Waals surface area contributed by atoms with E-state index >= 15 is 0 Å². The summed E-state index contributed by atoms with van der Waals surface area (Å²) in [4.78, 5) is 27.0. The number of likely N-dealkylation sites (tertiary alicyclic amines) is 1. The molecule has 0 spiro atoms. The minimum absolute atomic E-state index is 0.0132. The second kappa shape index (κ2) is 8.17. The predicted molar refractivity (Wildman–Crippen MR) is 108 cm³/mol.